The van der Waals surface area contributed by atoms with Crippen molar-refractivity contribution in [2.75, 3.05) is 39.6 Å². The Morgan fingerprint density at radius 3 is 2.33 bits per heavy atom. The summed E-state index contributed by atoms with van der Waals surface area (Å²) in [6, 6.07) is -0.457. The number of hydrogen-bond acceptors (Lipinski definition) is 8. The molecule has 11 heteroatoms. The summed E-state index contributed by atoms with van der Waals surface area (Å²) in [7, 11) is 0. The molecular weight excluding hydrogens is 695 g/mol. The summed E-state index contributed by atoms with van der Waals surface area (Å²) in [5.74, 6) is 5.40. The van der Waals surface area contributed by atoms with E-state index in [0.29, 0.717) is 56.9 Å². The van der Waals surface area contributed by atoms with Crippen LogP contribution < -0.4 is 17.2 Å². The van der Waals surface area contributed by atoms with Crippen LogP contribution in [0, 0.1) is 46.3 Å². The number of nitrogens with two attached hydrogens (primary N) is 3. The lowest BCUT2D eigenvalue weighted by atomic mass is 9.47. The Morgan fingerprint density at radius 1 is 0.855 bits per heavy atom. The third-order valence-electron chi connectivity index (χ3n) is 14.0. The number of allylic oxidation sites excluding steroid dienone is 1. The monoisotopic (exact) mass is 772 g/mol. The van der Waals surface area contributed by atoms with Crippen molar-refractivity contribution in [3.63, 3.8) is 0 Å². The number of aliphatic imine (C=N–C) groups is 2. The maximum Gasteiger partial charge on any atom is 0.508 e. The Hall–Kier alpha value is -2.66. The zero-order valence-electron chi connectivity index (χ0n) is 35.3. The highest BCUT2D eigenvalue weighted by Gasteiger charge is 2.59. The Bertz CT molecular complexity index is 1310. The molecule has 4 aliphatic rings. The molecular formula is C44H77N5O6. The third kappa shape index (κ3) is 12.9. The molecule has 9 unspecified atom stereocenters. The summed E-state index contributed by atoms with van der Waals surface area (Å²) in [4.78, 5) is 33.6. The number of carbonyl (C=O) groups is 2. The number of rotatable bonds is 23. The van der Waals surface area contributed by atoms with Crippen LogP contribution in [0.2, 0.25) is 0 Å². The summed E-state index contributed by atoms with van der Waals surface area (Å²) >= 11 is 0. The molecule has 4 rings (SSSR count). The van der Waals surface area contributed by atoms with Gasteiger partial charge in [-0.15, -0.1) is 0 Å². The molecule has 3 saturated carbocycles. The van der Waals surface area contributed by atoms with E-state index in [1.54, 1.807) is 6.92 Å². The van der Waals surface area contributed by atoms with Crippen molar-refractivity contribution in [3.05, 3.63) is 11.6 Å². The van der Waals surface area contributed by atoms with Crippen LogP contribution in [-0.4, -0.2) is 75.5 Å². The Morgan fingerprint density at radius 2 is 1.60 bits per heavy atom. The van der Waals surface area contributed by atoms with Gasteiger partial charge in [0.15, 0.2) is 11.7 Å². The Kier molecular flexibility index (Phi) is 17.8. The first kappa shape index (κ1) is 45.0. The van der Waals surface area contributed by atoms with E-state index in [4.69, 9.17) is 36.1 Å². The third-order valence-corrected chi connectivity index (χ3v) is 14.0. The van der Waals surface area contributed by atoms with Crippen molar-refractivity contribution in [2.24, 2.45) is 73.5 Å². The van der Waals surface area contributed by atoms with Gasteiger partial charge in [0.2, 0.25) is 0 Å². The summed E-state index contributed by atoms with van der Waals surface area (Å²) in [6.07, 6.45) is 18.6. The molecule has 55 heavy (non-hydrogen) atoms. The number of carbonyl (C=O) groups excluding carboxylic acids is 2. The van der Waals surface area contributed by atoms with Crippen molar-refractivity contribution >= 4 is 23.7 Å². The van der Waals surface area contributed by atoms with Gasteiger partial charge in [0.1, 0.15) is 18.8 Å². The minimum Gasteiger partial charge on any atom is -0.432 e. The normalized spacial score (nSPS) is 30.1. The molecule has 0 aromatic carbocycles. The van der Waals surface area contributed by atoms with Gasteiger partial charge < -0.3 is 36.1 Å². The fourth-order valence-electron chi connectivity index (χ4n) is 11.1. The van der Waals surface area contributed by atoms with E-state index in [2.05, 4.69) is 50.7 Å². The average molecular weight is 772 g/mol. The van der Waals surface area contributed by atoms with Gasteiger partial charge >= 0.3 is 6.16 Å². The Labute approximate surface area is 332 Å². The van der Waals surface area contributed by atoms with E-state index < -0.39 is 12.2 Å². The molecule has 0 aromatic heterocycles. The largest absolute Gasteiger partial charge is 0.508 e. The minimum atomic E-state index is -0.610. The van der Waals surface area contributed by atoms with Crippen molar-refractivity contribution < 1.29 is 28.5 Å². The highest BCUT2D eigenvalue weighted by molar-refractivity contribution is 5.88. The number of ketones is 1. The molecule has 0 aromatic rings. The zero-order chi connectivity index (χ0) is 40.0. The molecule has 0 saturated heterocycles. The fourth-order valence-corrected chi connectivity index (χ4v) is 11.1. The number of unbranched alkanes of at least 4 members (excludes halogenated alkanes) is 1. The molecule has 0 spiro atoms. The topological polar surface area (TPSA) is 174 Å². The molecule has 11 nitrogen and oxygen atoms in total. The second kappa shape index (κ2) is 21.8. The first-order valence-electron chi connectivity index (χ1n) is 21.8. The predicted molar refractivity (Wildman–Crippen MR) is 221 cm³/mol. The van der Waals surface area contributed by atoms with E-state index in [1.165, 1.54) is 56.9 Å². The molecule has 0 amide bonds. The van der Waals surface area contributed by atoms with Gasteiger partial charge in [0, 0.05) is 26.0 Å². The maximum atomic E-state index is 12.7. The van der Waals surface area contributed by atoms with Gasteiger partial charge in [-0.25, -0.2) is 4.79 Å². The second-order valence-electron chi connectivity index (χ2n) is 18.3. The standard InChI is InChI=1S/C44H77N5O6/c1-30(2)11-9-12-31(3)36-17-18-37-35-16-15-33-29-34(19-21-43(33,5)38(35)20-22-44(36,37)6)55-42(51)54-28-27-53-26-25-52-24-10-14-40(50)39(49-32(4)45)13-7-8-23-48-41(46)47/h15,30-31,34-39H,7-14,16-29H2,1-6H3,(H2,45,49)(H4,46,47,48). The van der Waals surface area contributed by atoms with Gasteiger partial charge in [-0.2, -0.15) is 0 Å². The lowest BCUT2D eigenvalue weighted by molar-refractivity contribution is -0.120. The first-order valence-corrected chi connectivity index (χ1v) is 21.8. The smallest absolute Gasteiger partial charge is 0.432 e. The van der Waals surface area contributed by atoms with Crippen LogP contribution in [0.25, 0.3) is 0 Å². The highest BCUT2D eigenvalue weighted by Crippen LogP contribution is 2.67. The maximum absolute atomic E-state index is 12.7. The molecule has 0 heterocycles. The van der Waals surface area contributed by atoms with E-state index >= 15 is 0 Å². The van der Waals surface area contributed by atoms with Crippen molar-refractivity contribution in [1.82, 2.24) is 0 Å². The zero-order valence-corrected chi connectivity index (χ0v) is 35.3. The van der Waals surface area contributed by atoms with Gasteiger partial charge in [0.05, 0.1) is 25.7 Å². The van der Waals surface area contributed by atoms with Crippen LogP contribution in [-0.2, 0) is 23.7 Å². The van der Waals surface area contributed by atoms with Crippen molar-refractivity contribution in [2.45, 2.75) is 156 Å². The number of guanidine groups is 1. The van der Waals surface area contributed by atoms with Crippen LogP contribution in [0.4, 0.5) is 4.79 Å². The van der Waals surface area contributed by atoms with Gasteiger partial charge in [-0.1, -0.05) is 65.5 Å². The van der Waals surface area contributed by atoms with E-state index in [-0.39, 0.29) is 36.5 Å². The number of Topliss-reactive ketones (excluding diaryl/α,β-unsaturated/α-hetero) is 1. The number of ether oxygens (including phenoxy) is 4. The molecule has 9 atom stereocenters. The minimum absolute atomic E-state index is 0.0495. The summed E-state index contributed by atoms with van der Waals surface area (Å²) in [5.41, 5.74) is 18.7. The number of amidine groups is 1. The van der Waals surface area contributed by atoms with Crippen LogP contribution in [0.1, 0.15) is 144 Å². The summed E-state index contributed by atoms with van der Waals surface area (Å²) < 4.78 is 22.4. The number of nitrogens with zero attached hydrogens (tertiary/aromatic N) is 2. The Balaban J connectivity index is 1.08. The first-order chi connectivity index (χ1) is 26.2. The van der Waals surface area contributed by atoms with Crippen molar-refractivity contribution in [3.8, 4) is 0 Å². The number of fused-ring (bicyclic) bond motifs is 5. The summed E-state index contributed by atoms with van der Waals surface area (Å²) in [6.45, 7) is 16.3. The van der Waals surface area contributed by atoms with E-state index in [9.17, 15) is 9.59 Å². The van der Waals surface area contributed by atoms with Crippen LogP contribution in [0.15, 0.2) is 21.6 Å². The lowest BCUT2D eigenvalue weighted by Crippen LogP contribution is -2.51. The van der Waals surface area contributed by atoms with Crippen molar-refractivity contribution in [1.29, 1.82) is 0 Å². The molecule has 0 bridgehead atoms. The fraction of sp³-hybridized carbons (Fsp3) is 0.864. The molecule has 4 aliphatic carbocycles. The lowest BCUT2D eigenvalue weighted by Gasteiger charge is -2.58. The van der Waals surface area contributed by atoms with Crippen LogP contribution in [0.5, 0.6) is 0 Å². The van der Waals surface area contributed by atoms with E-state index in [1.807, 2.05) is 0 Å². The molecule has 0 aliphatic heterocycles. The van der Waals surface area contributed by atoms with E-state index in [0.717, 1.165) is 67.6 Å². The van der Waals surface area contributed by atoms with Gasteiger partial charge in [-0.3, -0.25) is 14.8 Å². The van der Waals surface area contributed by atoms with Crippen LogP contribution in [0.3, 0.4) is 0 Å². The van der Waals surface area contributed by atoms with Crippen LogP contribution >= 0.6 is 0 Å². The average Bonchev–Trinajstić information content (AvgIpc) is 3.48. The van der Waals surface area contributed by atoms with Gasteiger partial charge in [0.25, 0.3) is 0 Å². The molecule has 314 valence electrons. The highest BCUT2D eigenvalue weighted by atomic mass is 16.7. The quantitative estimate of drug-likeness (QED) is 0.0305. The SMILES string of the molecule is CC(N)=NC(CCCCN=C(N)N)C(=O)CCCOCCOCCOC(=O)OC1CCC2(C)C(=CCC3C2CCC2(C)C(C(C)CCCC(C)C)CCC32)C1. The second-order valence-corrected chi connectivity index (χ2v) is 18.3. The molecule has 3 fully saturated rings. The predicted octanol–water partition coefficient (Wildman–Crippen LogP) is 8.12. The summed E-state index contributed by atoms with van der Waals surface area (Å²) in [5, 5.41) is 0. The molecule has 6 N–H and O–H groups in total. The van der Waals surface area contributed by atoms with Gasteiger partial charge in [-0.05, 0) is 124 Å². The molecule has 0 radical (unpaired) electrons. The number of hydrogen-bond donors (Lipinski definition) is 3.